The largest absolute Gasteiger partial charge is 0.488 e. The molecule has 1 saturated heterocycles. The summed E-state index contributed by atoms with van der Waals surface area (Å²) < 4.78 is 44.6. The van der Waals surface area contributed by atoms with Crippen LogP contribution in [0.2, 0.25) is 0 Å². The molecule has 1 aliphatic rings. The first kappa shape index (κ1) is 21.2. The van der Waals surface area contributed by atoms with Crippen molar-refractivity contribution in [3.8, 4) is 5.75 Å². The Hall–Kier alpha value is -2.07. The molecular formula is C17H26FN3O5S. The number of carbonyl (C=O) groups is 1. The monoisotopic (exact) mass is 403 g/mol. The summed E-state index contributed by atoms with van der Waals surface area (Å²) >= 11 is 0. The van der Waals surface area contributed by atoms with Gasteiger partial charge in [-0.3, -0.25) is 0 Å². The standard InChI is InChI=1S/C17H26FN3O5S/c1-12-14(9-13(11-19)10-15(12)26-27(18,23)24)20-5-7-21(8-6-20)16(22)25-17(2,3)4/h9-10H,5-8,11,19H2,1-4H3. The molecule has 2 rings (SSSR count). The van der Waals surface area contributed by atoms with Gasteiger partial charge >= 0.3 is 16.6 Å². The van der Waals surface area contributed by atoms with E-state index in [0.717, 1.165) is 0 Å². The summed E-state index contributed by atoms with van der Waals surface area (Å²) in [6.07, 6.45) is -0.373. The maximum Gasteiger partial charge on any atom is 0.488 e. The molecule has 1 amide bonds. The van der Waals surface area contributed by atoms with E-state index in [1.54, 1.807) is 11.8 Å². The van der Waals surface area contributed by atoms with E-state index >= 15 is 0 Å². The van der Waals surface area contributed by atoms with E-state index in [2.05, 4.69) is 4.18 Å². The lowest BCUT2D eigenvalue weighted by Gasteiger charge is -2.37. The van der Waals surface area contributed by atoms with E-state index in [1.165, 1.54) is 6.07 Å². The molecule has 1 heterocycles. The molecule has 1 fully saturated rings. The predicted molar refractivity (Wildman–Crippen MR) is 99.7 cm³/mol. The Morgan fingerprint density at radius 2 is 1.81 bits per heavy atom. The van der Waals surface area contributed by atoms with Gasteiger partial charge in [0.15, 0.2) is 5.75 Å². The van der Waals surface area contributed by atoms with Crippen molar-refractivity contribution >= 4 is 22.3 Å². The highest BCUT2D eigenvalue weighted by Gasteiger charge is 2.27. The summed E-state index contributed by atoms with van der Waals surface area (Å²) in [5.41, 5.74) is 6.89. The van der Waals surface area contributed by atoms with Gasteiger partial charge in [-0.15, -0.1) is 0 Å². The molecule has 0 spiro atoms. The van der Waals surface area contributed by atoms with Crippen molar-refractivity contribution in [3.63, 3.8) is 0 Å². The van der Waals surface area contributed by atoms with Gasteiger partial charge in [0.05, 0.1) is 0 Å². The number of rotatable bonds is 4. The smallest absolute Gasteiger partial charge is 0.444 e. The average Bonchev–Trinajstić information content (AvgIpc) is 2.54. The van der Waals surface area contributed by atoms with Crippen molar-refractivity contribution in [2.24, 2.45) is 5.73 Å². The Kier molecular flexibility index (Phi) is 6.21. The SMILES string of the molecule is Cc1c(OS(=O)(=O)F)cc(CN)cc1N1CCN(C(=O)OC(C)(C)C)CC1. The van der Waals surface area contributed by atoms with E-state index in [-0.39, 0.29) is 18.4 Å². The lowest BCUT2D eigenvalue weighted by molar-refractivity contribution is 0.0240. The van der Waals surface area contributed by atoms with Crippen molar-refractivity contribution in [2.75, 3.05) is 31.1 Å². The molecule has 1 aromatic carbocycles. The van der Waals surface area contributed by atoms with Gasteiger partial charge in [-0.1, -0.05) is 3.89 Å². The minimum Gasteiger partial charge on any atom is -0.444 e. The topological polar surface area (TPSA) is 102 Å². The first-order valence-electron chi connectivity index (χ1n) is 8.60. The molecule has 0 saturated carbocycles. The van der Waals surface area contributed by atoms with Crippen LogP contribution < -0.4 is 14.8 Å². The number of nitrogens with zero attached hydrogens (tertiary/aromatic N) is 2. The number of amides is 1. The second kappa shape index (κ2) is 7.89. The predicted octanol–water partition coefficient (Wildman–Crippen LogP) is 2.10. The minimum absolute atomic E-state index is 0.0926. The highest BCUT2D eigenvalue weighted by Crippen LogP contribution is 2.32. The van der Waals surface area contributed by atoms with Gasteiger partial charge in [-0.05, 0) is 45.4 Å². The van der Waals surface area contributed by atoms with Gasteiger partial charge in [-0.2, -0.15) is 8.42 Å². The normalized spacial score (nSPS) is 15.6. The Bertz CT molecular complexity index is 800. The van der Waals surface area contributed by atoms with Gasteiger partial charge in [0, 0.05) is 44.0 Å². The molecule has 0 aromatic heterocycles. The molecule has 2 N–H and O–H groups in total. The van der Waals surface area contributed by atoms with Crippen LogP contribution in [0.4, 0.5) is 14.4 Å². The van der Waals surface area contributed by atoms with Crippen LogP contribution in [0.15, 0.2) is 12.1 Å². The molecule has 27 heavy (non-hydrogen) atoms. The zero-order chi connectivity index (χ0) is 20.4. The third-order valence-electron chi connectivity index (χ3n) is 4.09. The molecule has 1 aliphatic heterocycles. The van der Waals surface area contributed by atoms with Gasteiger partial charge in [0.1, 0.15) is 5.60 Å². The molecule has 0 aliphatic carbocycles. The Morgan fingerprint density at radius 3 is 2.30 bits per heavy atom. The highest BCUT2D eigenvalue weighted by atomic mass is 32.3. The Morgan fingerprint density at radius 1 is 1.22 bits per heavy atom. The summed E-state index contributed by atoms with van der Waals surface area (Å²) in [4.78, 5) is 15.8. The summed E-state index contributed by atoms with van der Waals surface area (Å²) in [7, 11) is -5.14. The molecule has 0 atom stereocenters. The number of anilines is 1. The van der Waals surface area contributed by atoms with Crippen molar-refractivity contribution in [3.05, 3.63) is 23.3 Å². The third kappa shape index (κ3) is 5.96. The number of carbonyl (C=O) groups excluding carboxylic acids is 1. The van der Waals surface area contributed by atoms with Crippen LogP contribution in [0.3, 0.4) is 0 Å². The lowest BCUT2D eigenvalue weighted by atomic mass is 10.1. The second-order valence-corrected chi connectivity index (χ2v) is 8.33. The Balaban J connectivity index is 2.18. The molecule has 8 nitrogen and oxygen atoms in total. The number of ether oxygens (including phenoxy) is 1. The van der Waals surface area contributed by atoms with Crippen LogP contribution in [0.25, 0.3) is 0 Å². The van der Waals surface area contributed by atoms with E-state index in [9.17, 15) is 17.1 Å². The average molecular weight is 403 g/mol. The van der Waals surface area contributed by atoms with Gasteiger partial charge in [0.25, 0.3) is 0 Å². The van der Waals surface area contributed by atoms with Crippen LogP contribution in [0.1, 0.15) is 31.9 Å². The number of nitrogens with two attached hydrogens (primary N) is 1. The summed E-state index contributed by atoms with van der Waals surface area (Å²) in [6, 6.07) is 3.23. The third-order valence-corrected chi connectivity index (χ3v) is 4.47. The van der Waals surface area contributed by atoms with Gasteiger partial charge in [-0.25, -0.2) is 4.79 Å². The summed E-state index contributed by atoms with van der Waals surface area (Å²) in [5, 5.41) is 0. The maximum atomic E-state index is 13.0. The zero-order valence-electron chi connectivity index (χ0n) is 16.0. The zero-order valence-corrected chi connectivity index (χ0v) is 16.8. The fourth-order valence-corrected chi connectivity index (χ4v) is 3.21. The lowest BCUT2D eigenvalue weighted by Crippen LogP contribution is -2.50. The molecule has 0 radical (unpaired) electrons. The second-order valence-electron chi connectivity index (χ2n) is 7.37. The van der Waals surface area contributed by atoms with E-state index in [1.807, 2.05) is 31.7 Å². The fraction of sp³-hybridized carbons (Fsp3) is 0.588. The van der Waals surface area contributed by atoms with Crippen molar-refractivity contribution < 1.29 is 26.0 Å². The van der Waals surface area contributed by atoms with Gasteiger partial charge < -0.3 is 24.5 Å². The van der Waals surface area contributed by atoms with Crippen LogP contribution in [0, 0.1) is 6.92 Å². The van der Waals surface area contributed by atoms with E-state index < -0.39 is 16.1 Å². The molecular weight excluding hydrogens is 377 g/mol. The fourth-order valence-electron chi connectivity index (χ4n) is 2.82. The molecule has 0 bridgehead atoms. The summed E-state index contributed by atoms with van der Waals surface area (Å²) in [5.74, 6) is -0.0926. The molecule has 10 heteroatoms. The van der Waals surface area contributed by atoms with Crippen molar-refractivity contribution in [2.45, 2.75) is 39.8 Å². The minimum atomic E-state index is -5.14. The van der Waals surface area contributed by atoms with E-state index in [4.69, 9.17) is 10.5 Å². The summed E-state index contributed by atoms with van der Waals surface area (Å²) in [6.45, 7) is 9.13. The number of hydrogen-bond donors (Lipinski definition) is 1. The first-order valence-corrected chi connectivity index (χ1v) is 9.91. The molecule has 1 aromatic rings. The maximum absolute atomic E-state index is 13.0. The highest BCUT2D eigenvalue weighted by molar-refractivity contribution is 7.81. The van der Waals surface area contributed by atoms with Crippen molar-refractivity contribution in [1.82, 2.24) is 4.90 Å². The van der Waals surface area contributed by atoms with Crippen LogP contribution in [-0.2, 0) is 21.8 Å². The first-order chi connectivity index (χ1) is 12.4. The van der Waals surface area contributed by atoms with E-state index in [0.29, 0.717) is 43.0 Å². The van der Waals surface area contributed by atoms with Crippen LogP contribution in [-0.4, -0.2) is 51.2 Å². The van der Waals surface area contributed by atoms with Gasteiger partial charge in [0.2, 0.25) is 0 Å². The number of halogens is 1. The quantitative estimate of drug-likeness (QED) is 0.768. The number of hydrogen-bond acceptors (Lipinski definition) is 7. The molecule has 0 unspecified atom stereocenters. The van der Waals surface area contributed by atoms with Crippen LogP contribution in [0.5, 0.6) is 5.75 Å². The van der Waals surface area contributed by atoms with Crippen LogP contribution >= 0.6 is 0 Å². The number of piperazine rings is 1. The number of benzene rings is 1. The van der Waals surface area contributed by atoms with Crippen molar-refractivity contribution in [1.29, 1.82) is 0 Å². The Labute approximate surface area is 159 Å². The molecule has 152 valence electrons.